The number of rotatable bonds is 6. The molecule has 0 saturated carbocycles. The Bertz CT molecular complexity index is 782. The number of benzene rings is 2. The molecule has 1 heterocycles. The molecule has 0 aromatic heterocycles. The molecule has 1 fully saturated rings. The van der Waals surface area contributed by atoms with Crippen molar-refractivity contribution < 1.29 is 23.1 Å². The topological polar surface area (TPSA) is 44.8 Å². The summed E-state index contributed by atoms with van der Waals surface area (Å²) in [5.74, 6) is -0.479. The molecule has 1 unspecified atom stereocenters. The van der Waals surface area contributed by atoms with Crippen molar-refractivity contribution in [3.8, 4) is 0 Å². The van der Waals surface area contributed by atoms with E-state index >= 15 is 4.39 Å². The van der Waals surface area contributed by atoms with Crippen molar-refractivity contribution in [2.45, 2.75) is 51.1 Å². The van der Waals surface area contributed by atoms with Gasteiger partial charge >= 0.3 is 5.97 Å². The summed E-state index contributed by atoms with van der Waals surface area (Å²) in [6.07, 6.45) is -0.884. The Balaban J connectivity index is 1.96. The lowest BCUT2D eigenvalue weighted by molar-refractivity contribution is -0.166. The highest BCUT2D eigenvalue weighted by Crippen LogP contribution is 2.39. The van der Waals surface area contributed by atoms with Crippen LogP contribution in [0.5, 0.6) is 0 Å². The van der Waals surface area contributed by atoms with Crippen LogP contribution in [0.3, 0.4) is 0 Å². The predicted molar refractivity (Wildman–Crippen MR) is 114 cm³/mol. The summed E-state index contributed by atoms with van der Waals surface area (Å²) in [6, 6.07) is 20.2. The molecular weight excluding hydrogens is 387 g/mol. The van der Waals surface area contributed by atoms with Crippen molar-refractivity contribution in [1.29, 1.82) is 0 Å². The molecule has 3 rings (SSSR count). The van der Waals surface area contributed by atoms with Gasteiger partial charge in [-0.05, 0) is 15.4 Å². The molecule has 0 bridgehead atoms. The van der Waals surface area contributed by atoms with E-state index in [-0.39, 0.29) is 24.7 Å². The lowest BCUT2D eigenvalue weighted by Crippen LogP contribution is -2.67. The van der Waals surface area contributed by atoms with Crippen molar-refractivity contribution in [2.75, 3.05) is 13.2 Å². The van der Waals surface area contributed by atoms with E-state index in [1.807, 2.05) is 36.4 Å². The van der Waals surface area contributed by atoms with Gasteiger partial charge in [0.1, 0.15) is 0 Å². The largest absolute Gasteiger partial charge is 0.436 e. The minimum atomic E-state index is -2.82. The molecule has 4 nitrogen and oxygen atoms in total. The van der Waals surface area contributed by atoms with Crippen LogP contribution in [0.4, 0.5) is 4.39 Å². The normalized spacial score (nSPS) is 22.4. The minimum Gasteiger partial charge on any atom is -0.436 e. The zero-order chi connectivity index (χ0) is 21.1. The molecule has 1 saturated heterocycles. The summed E-state index contributed by atoms with van der Waals surface area (Å²) in [6.45, 7) is 7.48. The number of halogens is 1. The Labute approximate surface area is 173 Å². The Morgan fingerprint density at radius 2 is 1.62 bits per heavy atom. The predicted octanol–water partition coefficient (Wildman–Crippen LogP) is 3.58. The van der Waals surface area contributed by atoms with Gasteiger partial charge in [0, 0.05) is 13.3 Å². The second-order valence-electron chi connectivity index (χ2n) is 8.66. The molecule has 29 heavy (non-hydrogen) atoms. The third-order valence-electron chi connectivity index (χ3n) is 5.32. The van der Waals surface area contributed by atoms with Crippen LogP contribution in [0.1, 0.15) is 34.1 Å². The second-order valence-corrected chi connectivity index (χ2v) is 13.0. The Morgan fingerprint density at radius 1 is 1.10 bits per heavy atom. The van der Waals surface area contributed by atoms with Crippen LogP contribution in [0, 0.1) is 0 Å². The fraction of sp³-hybridized carbons (Fsp3) is 0.435. The van der Waals surface area contributed by atoms with Crippen molar-refractivity contribution in [3.63, 3.8) is 0 Å². The van der Waals surface area contributed by atoms with E-state index < -0.39 is 26.2 Å². The van der Waals surface area contributed by atoms with Gasteiger partial charge in [-0.15, -0.1) is 0 Å². The van der Waals surface area contributed by atoms with Gasteiger partial charge in [0.05, 0.1) is 13.2 Å². The third kappa shape index (κ3) is 4.60. The standard InChI is InChI=1S/C23H29FO4Si/c1-18(25)28-21-15-23(24,16-26-21)17-27-29(22(2,3)4,19-11-7-5-8-12-19)20-13-9-6-10-14-20/h5-14,21H,15-17H2,1-4H3/t21?,23-/m1/s1. The van der Waals surface area contributed by atoms with E-state index in [1.54, 1.807) is 0 Å². The number of hydrogen-bond acceptors (Lipinski definition) is 4. The van der Waals surface area contributed by atoms with Gasteiger partial charge in [-0.2, -0.15) is 0 Å². The monoisotopic (exact) mass is 416 g/mol. The fourth-order valence-corrected chi connectivity index (χ4v) is 8.65. The molecule has 0 N–H and O–H groups in total. The fourth-order valence-electron chi connectivity index (χ4n) is 4.02. The summed E-state index contributed by atoms with van der Waals surface area (Å²) in [7, 11) is -2.82. The number of ether oxygens (including phenoxy) is 2. The van der Waals surface area contributed by atoms with Gasteiger partial charge < -0.3 is 13.9 Å². The van der Waals surface area contributed by atoms with Crippen LogP contribution in [0.25, 0.3) is 0 Å². The van der Waals surface area contributed by atoms with E-state index in [9.17, 15) is 4.79 Å². The molecule has 0 radical (unpaired) electrons. The first-order valence-corrected chi connectivity index (χ1v) is 11.8. The van der Waals surface area contributed by atoms with Crippen molar-refractivity contribution in [3.05, 3.63) is 60.7 Å². The van der Waals surface area contributed by atoms with E-state index in [2.05, 4.69) is 45.0 Å². The van der Waals surface area contributed by atoms with E-state index in [0.29, 0.717) is 0 Å². The molecule has 0 aliphatic carbocycles. The molecule has 1 aliphatic rings. The smallest absolute Gasteiger partial charge is 0.304 e. The number of alkyl halides is 1. The first kappa shape index (κ1) is 21.7. The highest BCUT2D eigenvalue weighted by atomic mass is 28.4. The van der Waals surface area contributed by atoms with Crippen LogP contribution in [-0.2, 0) is 18.7 Å². The van der Waals surface area contributed by atoms with Crippen LogP contribution < -0.4 is 10.4 Å². The van der Waals surface area contributed by atoms with Crippen LogP contribution in [-0.4, -0.2) is 39.5 Å². The summed E-state index contributed by atoms with van der Waals surface area (Å²) in [4.78, 5) is 11.2. The molecular formula is C23H29FO4Si. The van der Waals surface area contributed by atoms with E-state index in [1.165, 1.54) is 6.92 Å². The molecule has 6 heteroatoms. The Kier molecular flexibility index (Phi) is 6.26. The van der Waals surface area contributed by atoms with Crippen molar-refractivity contribution >= 4 is 24.7 Å². The summed E-state index contributed by atoms with van der Waals surface area (Å²) < 4.78 is 32.6. The van der Waals surface area contributed by atoms with Crippen LogP contribution in [0.15, 0.2) is 60.7 Å². The molecule has 2 aromatic rings. The number of carbonyl (C=O) groups is 1. The Hall–Kier alpha value is -2.02. The molecule has 1 aliphatic heterocycles. The van der Waals surface area contributed by atoms with Gasteiger partial charge in [-0.1, -0.05) is 81.4 Å². The molecule has 0 spiro atoms. The van der Waals surface area contributed by atoms with Crippen molar-refractivity contribution in [2.24, 2.45) is 0 Å². The number of carbonyl (C=O) groups excluding carboxylic acids is 1. The van der Waals surface area contributed by atoms with Gasteiger partial charge in [-0.3, -0.25) is 4.79 Å². The van der Waals surface area contributed by atoms with E-state index in [4.69, 9.17) is 13.9 Å². The minimum absolute atomic E-state index is 0.0230. The Morgan fingerprint density at radius 3 is 2.07 bits per heavy atom. The molecule has 2 aromatic carbocycles. The lowest BCUT2D eigenvalue weighted by Gasteiger charge is -2.44. The zero-order valence-corrected chi connectivity index (χ0v) is 18.5. The number of hydrogen-bond donors (Lipinski definition) is 0. The van der Waals surface area contributed by atoms with Crippen molar-refractivity contribution in [1.82, 2.24) is 0 Å². The van der Waals surface area contributed by atoms with Gasteiger partial charge in [0.15, 0.2) is 5.67 Å². The molecule has 156 valence electrons. The quantitative estimate of drug-likeness (QED) is 0.533. The van der Waals surface area contributed by atoms with E-state index in [0.717, 1.165) is 10.4 Å². The second kappa shape index (κ2) is 8.38. The highest BCUT2D eigenvalue weighted by Gasteiger charge is 2.53. The maximum Gasteiger partial charge on any atom is 0.304 e. The lowest BCUT2D eigenvalue weighted by atomic mass is 10.1. The summed E-state index contributed by atoms with van der Waals surface area (Å²) in [5.41, 5.74) is -1.70. The SMILES string of the molecule is CC(=O)OC1C[C@](F)(CO[Si](c2ccccc2)(c2ccccc2)C(C)(C)C)CO1. The highest BCUT2D eigenvalue weighted by molar-refractivity contribution is 6.99. The third-order valence-corrected chi connectivity index (χ3v) is 10.3. The molecule has 2 atom stereocenters. The first-order chi connectivity index (χ1) is 13.7. The summed E-state index contributed by atoms with van der Waals surface area (Å²) >= 11 is 0. The van der Waals surface area contributed by atoms with Gasteiger partial charge in [0.25, 0.3) is 8.32 Å². The van der Waals surface area contributed by atoms with Crippen LogP contribution >= 0.6 is 0 Å². The van der Waals surface area contributed by atoms with Gasteiger partial charge in [-0.25, -0.2) is 4.39 Å². The maximum atomic E-state index is 15.5. The molecule has 0 amide bonds. The average molecular weight is 417 g/mol. The summed E-state index contributed by atoms with van der Waals surface area (Å²) in [5, 5.41) is 1.95. The maximum absolute atomic E-state index is 15.5. The average Bonchev–Trinajstić information content (AvgIpc) is 3.03. The van der Waals surface area contributed by atoms with Gasteiger partial charge in [0.2, 0.25) is 6.29 Å². The van der Waals surface area contributed by atoms with Crippen LogP contribution in [0.2, 0.25) is 5.04 Å². The number of esters is 1. The first-order valence-electron chi connectivity index (χ1n) is 9.89. The zero-order valence-electron chi connectivity index (χ0n) is 17.5.